The second-order valence-electron chi connectivity index (χ2n) is 13.8. The first-order chi connectivity index (χ1) is 24.0. The van der Waals surface area contributed by atoms with Gasteiger partial charge < -0.3 is 4.90 Å². The van der Waals surface area contributed by atoms with Crippen molar-refractivity contribution in [2.24, 2.45) is 0 Å². The molecule has 8 aromatic carbocycles. The Morgan fingerprint density at radius 3 is 1.76 bits per heavy atom. The van der Waals surface area contributed by atoms with Gasteiger partial charge in [0.05, 0.1) is 5.69 Å². The molecule has 0 amide bonds. The highest BCUT2D eigenvalue weighted by Gasteiger charge is 2.36. The van der Waals surface area contributed by atoms with Gasteiger partial charge in [0, 0.05) is 22.2 Å². The summed E-state index contributed by atoms with van der Waals surface area (Å²) >= 11 is 0. The van der Waals surface area contributed by atoms with Crippen molar-refractivity contribution in [2.75, 3.05) is 4.90 Å². The maximum absolute atomic E-state index is 2.44. The Balaban J connectivity index is 1.22. The summed E-state index contributed by atoms with van der Waals surface area (Å²) in [6.07, 6.45) is 0. The maximum Gasteiger partial charge on any atom is 0.0540 e. The van der Waals surface area contributed by atoms with Crippen LogP contribution in [0.1, 0.15) is 30.5 Å². The highest BCUT2D eigenvalue weighted by atomic mass is 15.1. The fraction of sp³-hybridized carbons (Fsp3) is 0.0833. The van der Waals surface area contributed by atoms with Gasteiger partial charge in [-0.2, -0.15) is 0 Å². The third-order valence-corrected chi connectivity index (χ3v) is 10.6. The van der Waals surface area contributed by atoms with Crippen LogP contribution in [0.2, 0.25) is 0 Å². The van der Waals surface area contributed by atoms with Crippen LogP contribution in [0.5, 0.6) is 0 Å². The van der Waals surface area contributed by atoms with Crippen LogP contribution in [0.15, 0.2) is 170 Å². The number of aryl methyl sites for hydroxylation is 1. The molecule has 0 unspecified atom stereocenters. The first-order valence-electron chi connectivity index (χ1n) is 17.2. The summed E-state index contributed by atoms with van der Waals surface area (Å²) in [5.74, 6) is 0. The third-order valence-electron chi connectivity index (χ3n) is 10.6. The Morgan fingerprint density at radius 1 is 0.429 bits per heavy atom. The normalized spacial score (nSPS) is 13.0. The second kappa shape index (κ2) is 11.4. The summed E-state index contributed by atoms with van der Waals surface area (Å²) < 4.78 is 0. The van der Waals surface area contributed by atoms with Crippen molar-refractivity contribution in [2.45, 2.75) is 26.2 Å². The Morgan fingerprint density at radius 2 is 1.02 bits per heavy atom. The van der Waals surface area contributed by atoms with Gasteiger partial charge in [0.2, 0.25) is 0 Å². The Bertz CT molecular complexity index is 2520. The molecule has 0 bridgehead atoms. The van der Waals surface area contributed by atoms with Gasteiger partial charge in [-0.25, -0.2) is 0 Å². The van der Waals surface area contributed by atoms with Crippen molar-refractivity contribution >= 4 is 38.6 Å². The van der Waals surface area contributed by atoms with Crippen molar-refractivity contribution < 1.29 is 0 Å². The van der Waals surface area contributed by atoms with E-state index in [1.54, 1.807) is 0 Å². The van der Waals surface area contributed by atoms with Crippen molar-refractivity contribution in [3.05, 3.63) is 187 Å². The quantitative estimate of drug-likeness (QED) is 0.183. The number of hydrogen-bond acceptors (Lipinski definition) is 1. The lowest BCUT2D eigenvalue weighted by Crippen LogP contribution is -2.16. The maximum atomic E-state index is 2.44. The van der Waals surface area contributed by atoms with Crippen molar-refractivity contribution in [3.8, 4) is 33.4 Å². The molecule has 234 valence electrons. The summed E-state index contributed by atoms with van der Waals surface area (Å²) in [5.41, 5.74) is 15.1. The van der Waals surface area contributed by atoms with E-state index in [1.165, 1.54) is 77.3 Å². The Labute approximate surface area is 288 Å². The molecule has 1 nitrogen and oxygen atoms in total. The van der Waals surface area contributed by atoms with Crippen LogP contribution in [0.4, 0.5) is 17.1 Å². The number of fused-ring (bicyclic) bond motifs is 5. The molecule has 0 saturated carbocycles. The van der Waals surface area contributed by atoms with E-state index in [0.29, 0.717) is 0 Å². The molecule has 1 aliphatic rings. The van der Waals surface area contributed by atoms with Crippen LogP contribution in [-0.4, -0.2) is 0 Å². The molecule has 9 rings (SSSR count). The van der Waals surface area contributed by atoms with Crippen molar-refractivity contribution in [1.82, 2.24) is 0 Å². The fourth-order valence-electron chi connectivity index (χ4n) is 8.05. The minimum atomic E-state index is -0.0924. The lowest BCUT2D eigenvalue weighted by atomic mass is 9.82. The fourth-order valence-corrected chi connectivity index (χ4v) is 8.05. The van der Waals surface area contributed by atoms with E-state index < -0.39 is 0 Å². The van der Waals surface area contributed by atoms with Crippen LogP contribution in [0, 0.1) is 6.92 Å². The van der Waals surface area contributed by atoms with Gasteiger partial charge in [0.25, 0.3) is 0 Å². The minimum Gasteiger partial charge on any atom is -0.310 e. The van der Waals surface area contributed by atoms with Gasteiger partial charge >= 0.3 is 0 Å². The van der Waals surface area contributed by atoms with Crippen LogP contribution in [0.25, 0.3) is 54.9 Å². The average molecular weight is 628 g/mol. The summed E-state index contributed by atoms with van der Waals surface area (Å²) in [7, 11) is 0. The van der Waals surface area contributed by atoms with E-state index in [9.17, 15) is 0 Å². The first kappa shape index (κ1) is 29.2. The molecule has 0 aliphatic heterocycles. The van der Waals surface area contributed by atoms with Gasteiger partial charge in [0.1, 0.15) is 0 Å². The van der Waals surface area contributed by atoms with Gasteiger partial charge in [-0.05, 0) is 116 Å². The Kier molecular flexibility index (Phi) is 6.78. The second-order valence-corrected chi connectivity index (χ2v) is 13.8. The third kappa shape index (κ3) is 4.77. The molecule has 0 spiro atoms. The van der Waals surface area contributed by atoms with E-state index in [4.69, 9.17) is 0 Å². The van der Waals surface area contributed by atoms with E-state index >= 15 is 0 Å². The zero-order valence-corrected chi connectivity index (χ0v) is 28.1. The molecule has 0 N–H and O–H groups in total. The largest absolute Gasteiger partial charge is 0.310 e. The van der Waals surface area contributed by atoms with Gasteiger partial charge in [-0.1, -0.05) is 141 Å². The van der Waals surface area contributed by atoms with Crippen molar-refractivity contribution in [1.29, 1.82) is 0 Å². The molecule has 49 heavy (non-hydrogen) atoms. The van der Waals surface area contributed by atoms with Crippen LogP contribution < -0.4 is 4.90 Å². The van der Waals surface area contributed by atoms with Gasteiger partial charge in [-0.3, -0.25) is 0 Å². The lowest BCUT2D eigenvalue weighted by Gasteiger charge is -2.29. The predicted molar refractivity (Wildman–Crippen MR) is 209 cm³/mol. The molecule has 0 radical (unpaired) electrons. The molecule has 0 atom stereocenters. The van der Waals surface area contributed by atoms with Gasteiger partial charge in [0.15, 0.2) is 0 Å². The number of benzene rings is 8. The van der Waals surface area contributed by atoms with E-state index in [1.807, 2.05) is 0 Å². The summed E-state index contributed by atoms with van der Waals surface area (Å²) in [6, 6.07) is 62.4. The molecule has 0 fully saturated rings. The van der Waals surface area contributed by atoms with E-state index in [0.717, 1.165) is 11.4 Å². The van der Waals surface area contributed by atoms with E-state index in [2.05, 4.69) is 196 Å². The predicted octanol–water partition coefficient (Wildman–Crippen LogP) is 13.4. The molecule has 8 aromatic rings. The van der Waals surface area contributed by atoms with Crippen LogP contribution in [-0.2, 0) is 5.41 Å². The molecule has 1 aliphatic carbocycles. The van der Waals surface area contributed by atoms with Crippen molar-refractivity contribution in [3.63, 3.8) is 0 Å². The summed E-state index contributed by atoms with van der Waals surface area (Å²) in [5, 5.41) is 4.96. The van der Waals surface area contributed by atoms with Crippen LogP contribution >= 0.6 is 0 Å². The topological polar surface area (TPSA) is 3.24 Å². The van der Waals surface area contributed by atoms with E-state index in [-0.39, 0.29) is 5.41 Å². The smallest absolute Gasteiger partial charge is 0.0540 e. The highest BCUT2D eigenvalue weighted by molar-refractivity contribution is 6.00. The summed E-state index contributed by atoms with van der Waals surface area (Å²) in [6.45, 7) is 6.97. The highest BCUT2D eigenvalue weighted by Crippen LogP contribution is 2.52. The number of nitrogens with zero attached hydrogens (tertiary/aromatic N) is 1. The standard InChI is InChI=1S/C48H37N/c1-32-13-11-21-44-47(32)41-28-27-39(31-45(41)48(44,2)3)49(46-22-12-19-33-16-9-10-20-40(33)46)38-25-23-35(24-26-38)43-30-37-18-8-7-17-36(37)29-42(43)34-14-5-4-6-15-34/h4-31H,1-3H3. The molecular weight excluding hydrogens is 591 g/mol. The monoisotopic (exact) mass is 627 g/mol. The number of rotatable bonds is 5. The lowest BCUT2D eigenvalue weighted by molar-refractivity contribution is 0.660. The molecular formula is C48H37N. The SMILES string of the molecule is Cc1cccc2c1-c1ccc(N(c3ccc(-c4cc5ccccc5cc4-c4ccccc4)cc3)c3cccc4ccccc34)cc1C2(C)C. The molecule has 0 aromatic heterocycles. The number of hydrogen-bond donors (Lipinski definition) is 0. The first-order valence-corrected chi connectivity index (χ1v) is 17.2. The molecule has 1 heteroatoms. The summed E-state index contributed by atoms with van der Waals surface area (Å²) in [4.78, 5) is 2.44. The van der Waals surface area contributed by atoms with Crippen LogP contribution in [0.3, 0.4) is 0 Å². The zero-order chi connectivity index (χ0) is 33.1. The van der Waals surface area contributed by atoms with Gasteiger partial charge in [-0.15, -0.1) is 0 Å². The zero-order valence-electron chi connectivity index (χ0n) is 28.1. The average Bonchev–Trinajstić information content (AvgIpc) is 3.38. The molecule has 0 heterocycles. The Hall–Kier alpha value is -5.92. The molecule has 0 saturated heterocycles. The number of anilines is 3. The minimum absolute atomic E-state index is 0.0924.